The van der Waals surface area contributed by atoms with E-state index >= 15 is 0 Å². The molecule has 0 N–H and O–H groups in total. The van der Waals surface area contributed by atoms with Crippen LogP contribution >= 0.6 is 0 Å². The van der Waals surface area contributed by atoms with Crippen molar-refractivity contribution in [1.29, 1.82) is 0 Å². The zero-order chi connectivity index (χ0) is 24.1. The largest absolute Gasteiger partial charge is 0.295 e. The van der Waals surface area contributed by atoms with Gasteiger partial charge in [0.1, 0.15) is 5.69 Å². The summed E-state index contributed by atoms with van der Waals surface area (Å²) >= 11 is 0. The molecular formula is C31H39N2+. The molecule has 0 atom stereocenters. The zero-order valence-electron chi connectivity index (χ0n) is 21.8. The summed E-state index contributed by atoms with van der Waals surface area (Å²) in [6, 6.07) is 22.6. The molecule has 0 aliphatic rings. The van der Waals surface area contributed by atoms with Gasteiger partial charge in [0.25, 0.3) is 5.82 Å². The van der Waals surface area contributed by atoms with Gasteiger partial charge >= 0.3 is 0 Å². The van der Waals surface area contributed by atoms with Gasteiger partial charge in [0, 0.05) is 11.1 Å². The third kappa shape index (κ3) is 4.01. The van der Waals surface area contributed by atoms with Crippen molar-refractivity contribution in [3.05, 3.63) is 82.9 Å². The van der Waals surface area contributed by atoms with Crippen LogP contribution in [0.5, 0.6) is 0 Å². The number of nitrogens with zero attached hydrogens (tertiary/aromatic N) is 2. The van der Waals surface area contributed by atoms with Crippen LogP contribution in [0.2, 0.25) is 0 Å². The van der Waals surface area contributed by atoms with Gasteiger partial charge in [-0.15, -0.1) is 0 Å². The maximum Gasteiger partial charge on any atom is 0.295 e. The molecule has 2 heteroatoms. The Labute approximate surface area is 199 Å². The Kier molecular flexibility index (Phi) is 5.99. The Bertz CT molecular complexity index is 1290. The van der Waals surface area contributed by atoms with Crippen LogP contribution in [0.1, 0.15) is 82.6 Å². The van der Waals surface area contributed by atoms with Crippen molar-refractivity contribution in [2.24, 2.45) is 7.05 Å². The SMILES string of the molecule is Cc1ccc(C(C)(C)C)cc1-c1n(-c2c(C(C)C)cccc2C(C)C)c2ccccc2[n+]1C. The van der Waals surface area contributed by atoms with Crippen molar-refractivity contribution in [2.75, 3.05) is 0 Å². The summed E-state index contributed by atoms with van der Waals surface area (Å²) in [5.41, 5.74) is 10.7. The average Bonchev–Trinajstić information content (AvgIpc) is 3.05. The van der Waals surface area contributed by atoms with Crippen LogP contribution in [0.4, 0.5) is 0 Å². The van der Waals surface area contributed by atoms with Crippen molar-refractivity contribution in [3.8, 4) is 17.1 Å². The minimum Gasteiger partial charge on any atom is -0.225 e. The maximum atomic E-state index is 2.54. The van der Waals surface area contributed by atoms with Crippen LogP contribution in [0.15, 0.2) is 60.7 Å². The highest BCUT2D eigenvalue weighted by Gasteiger charge is 2.31. The molecule has 1 heterocycles. The number of aromatic nitrogens is 2. The third-order valence-corrected chi connectivity index (χ3v) is 6.92. The van der Waals surface area contributed by atoms with Gasteiger partial charge in [-0.1, -0.05) is 90.9 Å². The van der Waals surface area contributed by atoms with E-state index in [1.165, 1.54) is 50.4 Å². The molecule has 0 radical (unpaired) electrons. The predicted molar refractivity (Wildman–Crippen MR) is 142 cm³/mol. The van der Waals surface area contributed by atoms with E-state index in [0.717, 1.165) is 0 Å². The lowest BCUT2D eigenvalue weighted by Crippen LogP contribution is -2.31. The minimum absolute atomic E-state index is 0.0940. The monoisotopic (exact) mass is 439 g/mol. The Balaban J connectivity index is 2.20. The van der Waals surface area contributed by atoms with Gasteiger partial charge < -0.3 is 0 Å². The van der Waals surface area contributed by atoms with E-state index in [-0.39, 0.29) is 5.41 Å². The molecule has 0 spiro atoms. The second kappa shape index (κ2) is 8.48. The number of hydrogen-bond acceptors (Lipinski definition) is 0. The molecule has 0 unspecified atom stereocenters. The van der Waals surface area contributed by atoms with E-state index in [4.69, 9.17) is 0 Å². The van der Waals surface area contributed by atoms with E-state index in [9.17, 15) is 0 Å². The van der Waals surface area contributed by atoms with Gasteiger partial charge in [0.2, 0.25) is 0 Å². The fourth-order valence-electron chi connectivity index (χ4n) is 4.94. The number of benzene rings is 3. The molecule has 0 bridgehead atoms. The van der Waals surface area contributed by atoms with E-state index in [1.807, 2.05) is 0 Å². The van der Waals surface area contributed by atoms with Crippen LogP contribution in [-0.4, -0.2) is 4.57 Å². The standard InChI is InChI=1S/C31H39N2/c1-20(2)24-13-12-14-25(21(3)4)29(24)33-28-16-11-10-15-27(28)32(9)30(33)26-19-23(31(6,7)8)18-17-22(26)5/h10-21H,1-9H3/q+1. The van der Waals surface area contributed by atoms with Crippen LogP contribution in [-0.2, 0) is 12.5 Å². The van der Waals surface area contributed by atoms with Crippen molar-refractivity contribution in [3.63, 3.8) is 0 Å². The second-order valence-electron chi connectivity index (χ2n) is 11.1. The van der Waals surface area contributed by atoms with Crippen LogP contribution in [0.3, 0.4) is 0 Å². The van der Waals surface area contributed by atoms with Gasteiger partial charge in [-0.3, -0.25) is 0 Å². The lowest BCUT2D eigenvalue weighted by Gasteiger charge is -2.21. The average molecular weight is 440 g/mol. The fraction of sp³-hybridized carbons (Fsp3) is 0.387. The molecule has 4 rings (SSSR count). The fourth-order valence-corrected chi connectivity index (χ4v) is 4.94. The molecular weight excluding hydrogens is 400 g/mol. The number of aryl methyl sites for hydroxylation is 2. The first-order chi connectivity index (χ1) is 15.5. The Morgan fingerprint density at radius 3 is 1.97 bits per heavy atom. The molecule has 3 aromatic carbocycles. The van der Waals surface area contributed by atoms with Gasteiger partial charge in [0.05, 0.1) is 12.6 Å². The van der Waals surface area contributed by atoms with Gasteiger partial charge in [0.15, 0.2) is 11.0 Å². The quantitative estimate of drug-likeness (QED) is 0.285. The summed E-state index contributed by atoms with van der Waals surface area (Å²) in [4.78, 5) is 0. The Morgan fingerprint density at radius 1 is 0.788 bits per heavy atom. The van der Waals surface area contributed by atoms with E-state index in [2.05, 4.69) is 132 Å². The lowest BCUT2D eigenvalue weighted by atomic mass is 9.85. The molecule has 4 aromatic rings. The first kappa shape index (κ1) is 23.3. The first-order valence-corrected chi connectivity index (χ1v) is 12.3. The third-order valence-electron chi connectivity index (χ3n) is 6.92. The summed E-state index contributed by atoms with van der Waals surface area (Å²) in [6.45, 7) is 18.3. The molecule has 0 saturated heterocycles. The molecule has 0 aliphatic heterocycles. The number of rotatable bonds is 4. The smallest absolute Gasteiger partial charge is 0.225 e. The van der Waals surface area contributed by atoms with E-state index < -0.39 is 0 Å². The zero-order valence-corrected chi connectivity index (χ0v) is 21.8. The summed E-state index contributed by atoms with van der Waals surface area (Å²) in [5, 5.41) is 0. The second-order valence-corrected chi connectivity index (χ2v) is 11.1. The summed E-state index contributed by atoms with van der Waals surface area (Å²) < 4.78 is 4.92. The summed E-state index contributed by atoms with van der Waals surface area (Å²) in [7, 11) is 2.21. The van der Waals surface area contributed by atoms with Gasteiger partial charge in [-0.25, -0.2) is 4.57 Å². The number of fused-ring (bicyclic) bond motifs is 1. The Morgan fingerprint density at radius 2 is 1.39 bits per heavy atom. The molecule has 33 heavy (non-hydrogen) atoms. The highest BCUT2D eigenvalue weighted by atomic mass is 15.2. The summed E-state index contributed by atoms with van der Waals surface area (Å²) in [5.74, 6) is 2.11. The van der Waals surface area contributed by atoms with Crippen LogP contribution < -0.4 is 4.57 Å². The predicted octanol–water partition coefficient (Wildman–Crippen LogP) is 7.97. The lowest BCUT2D eigenvalue weighted by molar-refractivity contribution is -0.633. The molecule has 0 aliphatic carbocycles. The van der Waals surface area contributed by atoms with E-state index in [1.54, 1.807) is 0 Å². The maximum absolute atomic E-state index is 2.54. The normalized spacial score (nSPS) is 12.3. The number of imidazole rings is 1. The van der Waals surface area contributed by atoms with Crippen LogP contribution in [0, 0.1) is 6.92 Å². The molecule has 1 aromatic heterocycles. The van der Waals surface area contributed by atoms with Crippen molar-refractivity contribution >= 4 is 11.0 Å². The topological polar surface area (TPSA) is 8.81 Å². The highest BCUT2D eigenvalue weighted by Crippen LogP contribution is 2.38. The number of hydrogen-bond donors (Lipinski definition) is 0. The van der Waals surface area contributed by atoms with Crippen LogP contribution in [0.25, 0.3) is 28.1 Å². The summed E-state index contributed by atoms with van der Waals surface area (Å²) in [6.07, 6.45) is 0. The van der Waals surface area contributed by atoms with Gasteiger partial charge in [-0.2, -0.15) is 4.57 Å². The number of para-hydroxylation sites is 3. The van der Waals surface area contributed by atoms with Crippen molar-refractivity contribution in [2.45, 2.75) is 72.6 Å². The minimum atomic E-state index is 0.0940. The van der Waals surface area contributed by atoms with Crippen molar-refractivity contribution in [1.82, 2.24) is 4.57 Å². The Hall–Kier alpha value is -2.87. The molecule has 2 nitrogen and oxygen atoms in total. The van der Waals surface area contributed by atoms with Gasteiger partial charge in [-0.05, 0) is 53.5 Å². The first-order valence-electron chi connectivity index (χ1n) is 12.3. The highest BCUT2D eigenvalue weighted by molar-refractivity contribution is 5.81. The molecule has 0 saturated carbocycles. The molecule has 0 fully saturated rings. The van der Waals surface area contributed by atoms with Crippen molar-refractivity contribution < 1.29 is 4.57 Å². The molecule has 172 valence electrons. The van der Waals surface area contributed by atoms with E-state index in [0.29, 0.717) is 11.8 Å². The molecule has 0 amide bonds.